The van der Waals surface area contributed by atoms with Gasteiger partial charge in [-0.2, -0.15) is 0 Å². The van der Waals surface area contributed by atoms with E-state index < -0.39 is 0 Å². The van der Waals surface area contributed by atoms with Crippen LogP contribution in [0.5, 0.6) is 0 Å². The first kappa shape index (κ1) is 19.4. The van der Waals surface area contributed by atoms with Crippen LogP contribution in [0.3, 0.4) is 0 Å². The van der Waals surface area contributed by atoms with Crippen LogP contribution in [0.1, 0.15) is 23.7 Å². The Bertz CT molecular complexity index is 519. The van der Waals surface area contributed by atoms with E-state index in [1.807, 2.05) is 0 Å². The molecule has 0 spiro atoms. The monoisotopic (exact) mass is 340 g/mol. The van der Waals surface area contributed by atoms with Crippen molar-refractivity contribution >= 4 is 29.9 Å². The summed E-state index contributed by atoms with van der Waals surface area (Å²) in [5, 5.41) is 8.99. The molecule has 2 amide bonds. The van der Waals surface area contributed by atoms with Crippen molar-refractivity contribution in [2.75, 3.05) is 44.6 Å². The Morgan fingerprint density at radius 3 is 2.70 bits per heavy atom. The predicted octanol–water partition coefficient (Wildman–Crippen LogP) is 1.09. The van der Waals surface area contributed by atoms with Crippen LogP contribution in [-0.4, -0.2) is 56.0 Å². The van der Waals surface area contributed by atoms with Gasteiger partial charge in [-0.15, -0.1) is 12.4 Å². The van der Waals surface area contributed by atoms with Gasteiger partial charge >= 0.3 is 0 Å². The van der Waals surface area contributed by atoms with Crippen LogP contribution in [0.2, 0.25) is 0 Å². The highest BCUT2D eigenvalue weighted by atomic mass is 35.5. The van der Waals surface area contributed by atoms with Crippen LogP contribution >= 0.6 is 12.4 Å². The summed E-state index contributed by atoms with van der Waals surface area (Å²) in [5.41, 5.74) is 1.22. The number of anilines is 1. The van der Waals surface area contributed by atoms with Gasteiger partial charge in [0.15, 0.2) is 0 Å². The fourth-order valence-corrected chi connectivity index (χ4v) is 2.35. The molecule has 0 aromatic heterocycles. The molecule has 1 aromatic rings. The molecule has 1 aliphatic rings. The largest absolute Gasteiger partial charge is 0.351 e. The molecular formula is C16H25ClN4O2. The maximum Gasteiger partial charge on any atom is 0.251 e. The first-order chi connectivity index (χ1) is 10.7. The molecule has 2 rings (SSSR count). The van der Waals surface area contributed by atoms with E-state index in [9.17, 15) is 9.59 Å². The summed E-state index contributed by atoms with van der Waals surface area (Å²) in [6, 6.07) is 7.01. The number of nitrogens with one attached hydrogen (secondary N) is 3. The molecule has 0 aliphatic carbocycles. The van der Waals surface area contributed by atoms with E-state index in [1.54, 1.807) is 31.2 Å². The van der Waals surface area contributed by atoms with Gasteiger partial charge in [0.1, 0.15) is 0 Å². The number of amides is 2. The van der Waals surface area contributed by atoms with Crippen LogP contribution in [0.25, 0.3) is 0 Å². The molecule has 1 aromatic carbocycles. The average molecular weight is 341 g/mol. The standard InChI is InChI=1S/C16H24N4O2.ClH/c1-2-15(21)19-14-5-3-4-13(12-14)16(22)18-8-11-20-9-6-17-7-10-20;/h3-5,12,17H,2,6-11H2,1H3,(H,18,22)(H,19,21);1H. The molecule has 0 radical (unpaired) electrons. The zero-order chi connectivity index (χ0) is 15.8. The van der Waals surface area contributed by atoms with E-state index in [1.165, 1.54) is 0 Å². The summed E-state index contributed by atoms with van der Waals surface area (Å²) in [7, 11) is 0. The molecule has 0 saturated carbocycles. The van der Waals surface area contributed by atoms with Crippen LogP contribution in [0, 0.1) is 0 Å². The van der Waals surface area contributed by atoms with Crippen molar-refractivity contribution in [2.24, 2.45) is 0 Å². The summed E-state index contributed by atoms with van der Waals surface area (Å²) < 4.78 is 0. The summed E-state index contributed by atoms with van der Waals surface area (Å²) in [4.78, 5) is 25.9. The topological polar surface area (TPSA) is 73.5 Å². The van der Waals surface area contributed by atoms with E-state index in [2.05, 4.69) is 20.9 Å². The van der Waals surface area contributed by atoms with Crippen LogP contribution in [0.15, 0.2) is 24.3 Å². The maximum atomic E-state index is 12.1. The molecule has 1 saturated heterocycles. The molecule has 23 heavy (non-hydrogen) atoms. The van der Waals surface area contributed by atoms with Gasteiger partial charge in [-0.25, -0.2) is 0 Å². The summed E-state index contributed by atoms with van der Waals surface area (Å²) in [6.45, 7) is 7.34. The third-order valence-electron chi connectivity index (χ3n) is 3.65. The Morgan fingerprint density at radius 1 is 1.26 bits per heavy atom. The predicted molar refractivity (Wildman–Crippen MR) is 94.3 cm³/mol. The van der Waals surface area contributed by atoms with Crippen molar-refractivity contribution in [3.63, 3.8) is 0 Å². The first-order valence-corrected chi connectivity index (χ1v) is 7.80. The van der Waals surface area contributed by atoms with Gasteiger partial charge in [-0.05, 0) is 18.2 Å². The molecular weight excluding hydrogens is 316 g/mol. The fraction of sp³-hybridized carbons (Fsp3) is 0.500. The van der Waals surface area contributed by atoms with E-state index in [-0.39, 0.29) is 24.2 Å². The highest BCUT2D eigenvalue weighted by Gasteiger charge is 2.10. The second-order valence-electron chi connectivity index (χ2n) is 5.33. The first-order valence-electron chi connectivity index (χ1n) is 7.80. The minimum atomic E-state index is -0.109. The molecule has 1 aliphatic heterocycles. The maximum absolute atomic E-state index is 12.1. The number of benzene rings is 1. The number of nitrogens with zero attached hydrogens (tertiary/aromatic N) is 1. The molecule has 3 N–H and O–H groups in total. The zero-order valence-corrected chi connectivity index (χ0v) is 14.2. The Kier molecular flexibility index (Phi) is 8.61. The van der Waals surface area contributed by atoms with Gasteiger partial charge in [0, 0.05) is 56.9 Å². The van der Waals surface area contributed by atoms with Crippen LogP contribution < -0.4 is 16.0 Å². The molecule has 0 atom stereocenters. The number of rotatable bonds is 6. The molecule has 7 heteroatoms. The van der Waals surface area contributed by atoms with E-state index in [0.717, 1.165) is 32.7 Å². The molecule has 0 unspecified atom stereocenters. The van der Waals surface area contributed by atoms with Gasteiger partial charge in [-0.1, -0.05) is 13.0 Å². The summed E-state index contributed by atoms with van der Waals surface area (Å²) in [6.07, 6.45) is 0.418. The number of carbonyl (C=O) groups excluding carboxylic acids is 2. The molecule has 1 heterocycles. The third kappa shape index (κ3) is 6.56. The highest BCUT2D eigenvalue weighted by molar-refractivity contribution is 5.97. The van der Waals surface area contributed by atoms with Crippen molar-refractivity contribution in [2.45, 2.75) is 13.3 Å². The third-order valence-corrected chi connectivity index (χ3v) is 3.65. The van der Waals surface area contributed by atoms with Gasteiger partial charge in [0.2, 0.25) is 5.91 Å². The number of hydrogen-bond donors (Lipinski definition) is 3. The highest BCUT2D eigenvalue weighted by Crippen LogP contribution is 2.11. The smallest absolute Gasteiger partial charge is 0.251 e. The van der Waals surface area contributed by atoms with Gasteiger partial charge in [-0.3, -0.25) is 14.5 Å². The fourth-order valence-electron chi connectivity index (χ4n) is 2.35. The van der Waals surface area contributed by atoms with Gasteiger partial charge in [0.25, 0.3) is 5.91 Å². The Hall–Kier alpha value is -1.63. The number of piperazine rings is 1. The number of carbonyl (C=O) groups is 2. The summed E-state index contributed by atoms with van der Waals surface area (Å²) in [5.74, 6) is -0.168. The lowest BCUT2D eigenvalue weighted by atomic mass is 10.2. The lowest BCUT2D eigenvalue weighted by Crippen LogP contribution is -2.46. The minimum absolute atomic E-state index is 0. The molecule has 1 fully saturated rings. The number of halogens is 1. The van der Waals surface area contributed by atoms with Crippen LogP contribution in [0.4, 0.5) is 5.69 Å². The summed E-state index contributed by atoms with van der Waals surface area (Å²) >= 11 is 0. The van der Waals surface area contributed by atoms with Crippen molar-refractivity contribution < 1.29 is 9.59 Å². The second kappa shape index (κ2) is 10.2. The van der Waals surface area contributed by atoms with Crippen molar-refractivity contribution in [1.82, 2.24) is 15.5 Å². The SMILES string of the molecule is CCC(=O)Nc1cccc(C(=O)NCCN2CCNCC2)c1.Cl. The lowest BCUT2D eigenvalue weighted by molar-refractivity contribution is -0.115. The Balaban J connectivity index is 0.00000264. The zero-order valence-electron chi connectivity index (χ0n) is 13.4. The normalized spacial score (nSPS) is 14.7. The van der Waals surface area contributed by atoms with Crippen molar-refractivity contribution in [3.05, 3.63) is 29.8 Å². The van der Waals surface area contributed by atoms with E-state index in [0.29, 0.717) is 24.2 Å². The van der Waals surface area contributed by atoms with Crippen molar-refractivity contribution in [3.8, 4) is 0 Å². The molecule has 6 nitrogen and oxygen atoms in total. The van der Waals surface area contributed by atoms with Crippen LogP contribution in [-0.2, 0) is 4.79 Å². The minimum Gasteiger partial charge on any atom is -0.351 e. The molecule has 0 bridgehead atoms. The van der Waals surface area contributed by atoms with E-state index >= 15 is 0 Å². The second-order valence-corrected chi connectivity index (χ2v) is 5.33. The van der Waals surface area contributed by atoms with Gasteiger partial charge < -0.3 is 16.0 Å². The Labute approximate surface area is 143 Å². The lowest BCUT2D eigenvalue weighted by Gasteiger charge is -2.27. The number of hydrogen-bond acceptors (Lipinski definition) is 4. The average Bonchev–Trinajstić information content (AvgIpc) is 2.56. The van der Waals surface area contributed by atoms with Gasteiger partial charge in [0.05, 0.1) is 0 Å². The van der Waals surface area contributed by atoms with Crippen molar-refractivity contribution in [1.29, 1.82) is 0 Å². The Morgan fingerprint density at radius 2 is 2.00 bits per heavy atom. The molecule has 128 valence electrons. The quantitative estimate of drug-likeness (QED) is 0.725. The van der Waals surface area contributed by atoms with E-state index in [4.69, 9.17) is 0 Å².